The molecule has 20 heavy (non-hydrogen) atoms. The Morgan fingerprint density at radius 1 is 1.30 bits per heavy atom. The number of rotatable bonds is 5. The highest BCUT2D eigenvalue weighted by Crippen LogP contribution is 2.27. The highest BCUT2D eigenvalue weighted by molar-refractivity contribution is 5.38. The average molecular weight is 276 g/mol. The predicted molar refractivity (Wildman–Crippen MR) is 74.5 cm³/mol. The molecule has 2 rings (SSSR count). The molecular formula is C15H20N2O3. The number of aromatic nitrogens is 2. The molecule has 0 aliphatic heterocycles. The van der Waals surface area contributed by atoms with Gasteiger partial charge in [-0.25, -0.2) is 0 Å². The molecular weight excluding hydrogens is 256 g/mol. The first kappa shape index (κ1) is 14.5. The topological polar surface area (TPSA) is 68.4 Å². The van der Waals surface area contributed by atoms with Crippen LogP contribution in [0.2, 0.25) is 0 Å². The fraction of sp³-hybridized carbons (Fsp3) is 0.467. The maximum atomic E-state index is 9.77. The van der Waals surface area contributed by atoms with E-state index < -0.39 is 6.10 Å². The van der Waals surface area contributed by atoms with Crippen LogP contribution in [0.5, 0.6) is 5.75 Å². The second kappa shape index (κ2) is 6.05. The number of aliphatic hydroxyl groups is 1. The minimum absolute atomic E-state index is 0.197. The van der Waals surface area contributed by atoms with Crippen LogP contribution in [0.1, 0.15) is 55.6 Å². The molecule has 1 heterocycles. The molecule has 0 spiro atoms. The van der Waals surface area contributed by atoms with Gasteiger partial charge in [-0.3, -0.25) is 0 Å². The van der Waals surface area contributed by atoms with Crippen LogP contribution in [-0.4, -0.2) is 15.2 Å². The number of aryl methyl sites for hydroxylation is 1. The van der Waals surface area contributed by atoms with Crippen molar-refractivity contribution in [2.24, 2.45) is 0 Å². The lowest BCUT2D eigenvalue weighted by Crippen LogP contribution is -2.02. The lowest BCUT2D eigenvalue weighted by atomic mass is 10.1. The van der Waals surface area contributed by atoms with Crippen LogP contribution < -0.4 is 4.74 Å². The molecule has 0 aliphatic rings. The van der Waals surface area contributed by atoms with Gasteiger partial charge in [0, 0.05) is 11.5 Å². The van der Waals surface area contributed by atoms with Gasteiger partial charge in [0.1, 0.15) is 5.75 Å². The van der Waals surface area contributed by atoms with Gasteiger partial charge in [-0.1, -0.05) is 30.6 Å². The van der Waals surface area contributed by atoms with Gasteiger partial charge >= 0.3 is 0 Å². The molecule has 0 saturated heterocycles. The van der Waals surface area contributed by atoms with Crippen molar-refractivity contribution in [2.75, 3.05) is 0 Å². The lowest BCUT2D eigenvalue weighted by Gasteiger charge is -2.13. The quantitative estimate of drug-likeness (QED) is 0.908. The molecule has 5 heteroatoms. The number of ether oxygens (including phenoxy) is 1. The fourth-order valence-electron chi connectivity index (χ4n) is 1.83. The van der Waals surface area contributed by atoms with E-state index in [2.05, 4.69) is 10.1 Å². The number of hydrogen-bond donors (Lipinski definition) is 1. The van der Waals surface area contributed by atoms with Crippen molar-refractivity contribution in [3.63, 3.8) is 0 Å². The van der Waals surface area contributed by atoms with E-state index in [0.717, 1.165) is 11.1 Å². The average Bonchev–Trinajstić information content (AvgIpc) is 2.86. The summed E-state index contributed by atoms with van der Waals surface area (Å²) in [5.74, 6) is 1.96. The van der Waals surface area contributed by atoms with E-state index in [4.69, 9.17) is 9.26 Å². The fourth-order valence-corrected chi connectivity index (χ4v) is 1.83. The number of hydrogen-bond acceptors (Lipinski definition) is 5. The molecule has 1 atom stereocenters. The Labute approximate surface area is 118 Å². The molecule has 0 bridgehead atoms. The summed E-state index contributed by atoms with van der Waals surface area (Å²) < 4.78 is 10.8. The van der Waals surface area contributed by atoms with Gasteiger partial charge in [0.25, 0.3) is 5.89 Å². The van der Waals surface area contributed by atoms with E-state index >= 15 is 0 Å². The molecule has 5 nitrogen and oxygen atoms in total. The molecule has 0 aliphatic carbocycles. The lowest BCUT2D eigenvalue weighted by molar-refractivity contribution is 0.185. The molecule has 1 N–H and O–H groups in total. The van der Waals surface area contributed by atoms with Crippen molar-refractivity contribution < 1.29 is 14.4 Å². The van der Waals surface area contributed by atoms with Crippen LogP contribution in [0.25, 0.3) is 0 Å². The van der Waals surface area contributed by atoms with Gasteiger partial charge in [0.15, 0.2) is 12.4 Å². The summed E-state index contributed by atoms with van der Waals surface area (Å²) in [6, 6.07) is 5.69. The Morgan fingerprint density at radius 3 is 2.65 bits per heavy atom. The number of aliphatic hydroxyl groups excluding tert-OH is 1. The summed E-state index contributed by atoms with van der Waals surface area (Å²) in [4.78, 5) is 4.25. The first-order valence-corrected chi connectivity index (χ1v) is 6.71. The third-order valence-electron chi connectivity index (χ3n) is 2.97. The van der Waals surface area contributed by atoms with Gasteiger partial charge in [0.2, 0.25) is 0 Å². The summed E-state index contributed by atoms with van der Waals surface area (Å²) in [6.07, 6.45) is -0.584. The largest absolute Gasteiger partial charge is 0.483 e. The summed E-state index contributed by atoms with van der Waals surface area (Å²) in [6.45, 7) is 7.89. The van der Waals surface area contributed by atoms with E-state index in [1.54, 1.807) is 6.92 Å². The SMILES string of the molecule is Cc1ccc(OCc2nc(C(C)C)no2)c(C(C)O)c1. The number of nitrogens with zero attached hydrogens (tertiary/aromatic N) is 2. The van der Waals surface area contributed by atoms with Crippen LogP contribution >= 0.6 is 0 Å². The smallest absolute Gasteiger partial charge is 0.264 e. The van der Waals surface area contributed by atoms with Crippen molar-refractivity contribution in [2.45, 2.75) is 46.3 Å². The highest BCUT2D eigenvalue weighted by Gasteiger charge is 2.13. The van der Waals surface area contributed by atoms with E-state index in [-0.39, 0.29) is 12.5 Å². The van der Waals surface area contributed by atoms with Crippen molar-refractivity contribution >= 4 is 0 Å². The zero-order chi connectivity index (χ0) is 14.7. The van der Waals surface area contributed by atoms with Crippen LogP contribution in [0, 0.1) is 6.92 Å². The molecule has 0 saturated carbocycles. The maximum absolute atomic E-state index is 9.77. The zero-order valence-corrected chi connectivity index (χ0v) is 12.3. The summed E-state index contributed by atoms with van der Waals surface area (Å²) >= 11 is 0. The van der Waals surface area contributed by atoms with Crippen molar-refractivity contribution in [1.82, 2.24) is 10.1 Å². The van der Waals surface area contributed by atoms with Crippen LogP contribution in [0.3, 0.4) is 0 Å². The Bertz CT molecular complexity index is 576. The molecule has 0 amide bonds. The third-order valence-corrected chi connectivity index (χ3v) is 2.97. The summed E-state index contributed by atoms with van der Waals surface area (Å²) in [5.41, 5.74) is 1.83. The molecule has 0 radical (unpaired) electrons. The summed E-state index contributed by atoms with van der Waals surface area (Å²) in [7, 11) is 0. The first-order valence-electron chi connectivity index (χ1n) is 6.71. The Morgan fingerprint density at radius 2 is 2.05 bits per heavy atom. The molecule has 2 aromatic rings. The van der Waals surface area contributed by atoms with Crippen molar-refractivity contribution in [3.8, 4) is 5.75 Å². The monoisotopic (exact) mass is 276 g/mol. The Balaban J connectivity index is 2.10. The van der Waals surface area contributed by atoms with E-state index in [9.17, 15) is 5.11 Å². The zero-order valence-electron chi connectivity index (χ0n) is 12.3. The molecule has 108 valence electrons. The van der Waals surface area contributed by atoms with Crippen LogP contribution in [-0.2, 0) is 6.61 Å². The Hall–Kier alpha value is -1.88. The second-order valence-electron chi connectivity index (χ2n) is 5.21. The number of benzene rings is 1. The minimum Gasteiger partial charge on any atom is -0.483 e. The normalized spacial score (nSPS) is 12.7. The summed E-state index contributed by atoms with van der Waals surface area (Å²) in [5, 5.41) is 13.7. The maximum Gasteiger partial charge on any atom is 0.264 e. The third kappa shape index (κ3) is 3.36. The second-order valence-corrected chi connectivity index (χ2v) is 5.21. The van der Waals surface area contributed by atoms with Crippen LogP contribution in [0.15, 0.2) is 22.7 Å². The van der Waals surface area contributed by atoms with Crippen molar-refractivity contribution in [3.05, 3.63) is 41.0 Å². The predicted octanol–water partition coefficient (Wildman–Crippen LogP) is 3.13. The van der Waals surface area contributed by atoms with E-state index in [0.29, 0.717) is 17.5 Å². The minimum atomic E-state index is -0.584. The van der Waals surface area contributed by atoms with Gasteiger partial charge in [0.05, 0.1) is 6.10 Å². The van der Waals surface area contributed by atoms with Gasteiger partial charge < -0.3 is 14.4 Å². The highest BCUT2D eigenvalue weighted by atomic mass is 16.5. The van der Waals surface area contributed by atoms with Gasteiger partial charge in [-0.05, 0) is 26.0 Å². The standard InChI is InChI=1S/C15H20N2O3/c1-9(2)15-16-14(20-17-15)8-19-13-6-5-10(3)7-12(13)11(4)18/h5-7,9,11,18H,8H2,1-4H3. The molecule has 1 aromatic carbocycles. The van der Waals surface area contributed by atoms with Crippen molar-refractivity contribution in [1.29, 1.82) is 0 Å². The van der Waals surface area contributed by atoms with E-state index in [1.807, 2.05) is 39.0 Å². The first-order chi connectivity index (χ1) is 9.47. The van der Waals surface area contributed by atoms with Crippen LogP contribution in [0.4, 0.5) is 0 Å². The molecule has 1 aromatic heterocycles. The molecule has 0 fully saturated rings. The van der Waals surface area contributed by atoms with Gasteiger partial charge in [-0.2, -0.15) is 4.98 Å². The Kier molecular flexibility index (Phi) is 4.39. The van der Waals surface area contributed by atoms with Gasteiger partial charge in [-0.15, -0.1) is 0 Å². The van der Waals surface area contributed by atoms with E-state index in [1.165, 1.54) is 0 Å². The molecule has 1 unspecified atom stereocenters.